The Kier molecular flexibility index (Phi) is 9.42. The number of carbonyl (C=O) groups is 1. The monoisotopic (exact) mass is 341 g/mol. The lowest BCUT2D eigenvalue weighted by Crippen LogP contribution is -2.26. The smallest absolute Gasteiger partial charge is 0.252 e. The molecule has 0 atom stereocenters. The van der Waals surface area contributed by atoms with E-state index in [4.69, 9.17) is 5.73 Å². The normalized spacial score (nSPS) is 9.36. The van der Waals surface area contributed by atoms with Crippen LogP contribution in [0.2, 0.25) is 0 Å². The summed E-state index contributed by atoms with van der Waals surface area (Å²) in [5.74, 6) is -0.111. The number of pyridine rings is 1. The summed E-state index contributed by atoms with van der Waals surface area (Å²) >= 11 is 0. The number of nitrogens with two attached hydrogens (primary N) is 1. The van der Waals surface area contributed by atoms with Crippen molar-refractivity contribution in [3.8, 4) is 11.1 Å². The van der Waals surface area contributed by atoms with Crippen molar-refractivity contribution in [1.29, 1.82) is 0 Å². The number of hydrogen-bond acceptors (Lipinski definition) is 3. The van der Waals surface area contributed by atoms with Crippen molar-refractivity contribution in [3.63, 3.8) is 0 Å². The molecule has 4 nitrogen and oxygen atoms in total. The molecule has 0 bridgehead atoms. The molecule has 1 heterocycles. The summed E-state index contributed by atoms with van der Waals surface area (Å²) in [4.78, 5) is 16.1. The second-order valence-corrected chi connectivity index (χ2v) is 4.73. The number of halogens is 2. The number of benzene rings is 1. The minimum absolute atomic E-state index is 0. The van der Waals surface area contributed by atoms with Gasteiger partial charge in [0.15, 0.2) is 0 Å². The van der Waals surface area contributed by atoms with Gasteiger partial charge in [0, 0.05) is 24.5 Å². The van der Waals surface area contributed by atoms with Crippen molar-refractivity contribution < 1.29 is 4.79 Å². The van der Waals surface area contributed by atoms with Gasteiger partial charge in [0.2, 0.25) is 0 Å². The molecule has 0 aliphatic heterocycles. The molecule has 22 heavy (non-hydrogen) atoms. The van der Waals surface area contributed by atoms with Gasteiger partial charge in [-0.15, -0.1) is 24.8 Å². The summed E-state index contributed by atoms with van der Waals surface area (Å²) in [5, 5.41) is 2.83. The Hall–Kier alpha value is -1.62. The molecule has 2 rings (SSSR count). The topological polar surface area (TPSA) is 68.0 Å². The van der Waals surface area contributed by atoms with Crippen molar-refractivity contribution in [2.45, 2.75) is 13.3 Å². The Balaban J connectivity index is 0.00000220. The molecule has 2 aromatic rings. The predicted molar refractivity (Wildman–Crippen MR) is 94.9 cm³/mol. The van der Waals surface area contributed by atoms with Crippen LogP contribution in [0.25, 0.3) is 11.1 Å². The summed E-state index contributed by atoms with van der Waals surface area (Å²) in [6, 6.07) is 10.0. The van der Waals surface area contributed by atoms with E-state index in [1.165, 1.54) is 5.56 Å². The number of nitrogens with zero attached hydrogens (tertiary/aromatic N) is 1. The quantitative estimate of drug-likeness (QED) is 0.821. The zero-order valence-electron chi connectivity index (χ0n) is 12.4. The number of nitrogens with one attached hydrogen (secondary N) is 1. The number of hydrogen-bond donors (Lipinski definition) is 2. The fourth-order valence-electron chi connectivity index (χ4n) is 1.87. The van der Waals surface area contributed by atoms with E-state index in [2.05, 4.69) is 10.3 Å². The van der Waals surface area contributed by atoms with Crippen molar-refractivity contribution in [3.05, 3.63) is 53.9 Å². The predicted octanol–water partition coefficient (Wildman–Crippen LogP) is 2.98. The van der Waals surface area contributed by atoms with E-state index in [0.29, 0.717) is 18.7 Å². The van der Waals surface area contributed by atoms with Crippen LogP contribution in [-0.2, 0) is 0 Å². The standard InChI is InChI=1S/C16H19N3O.2ClH/c1-12-3-5-13(6-4-12)14-9-15(11-18-10-14)16(20)19-8-2-7-17;;/h3-6,9-11H,2,7-8,17H2,1H3,(H,19,20);2*1H. The molecule has 0 unspecified atom stereocenters. The lowest BCUT2D eigenvalue weighted by molar-refractivity contribution is 0.0953. The second kappa shape index (κ2) is 10.2. The first-order chi connectivity index (χ1) is 9.70. The van der Waals surface area contributed by atoms with Crippen LogP contribution in [0.1, 0.15) is 22.3 Å². The highest BCUT2D eigenvalue weighted by atomic mass is 35.5. The molecular weight excluding hydrogens is 321 g/mol. The summed E-state index contributed by atoms with van der Waals surface area (Å²) in [7, 11) is 0. The van der Waals surface area contributed by atoms with E-state index in [0.717, 1.165) is 17.5 Å². The van der Waals surface area contributed by atoms with Crippen molar-refractivity contribution >= 4 is 30.7 Å². The Bertz CT molecular complexity index is 588. The van der Waals surface area contributed by atoms with Crippen LogP contribution >= 0.6 is 24.8 Å². The largest absolute Gasteiger partial charge is 0.352 e. The molecular formula is C16H21Cl2N3O. The SMILES string of the molecule is Cc1ccc(-c2cncc(C(=O)NCCCN)c2)cc1.Cl.Cl. The van der Waals surface area contributed by atoms with E-state index in [1.54, 1.807) is 12.4 Å². The molecule has 0 saturated heterocycles. The van der Waals surface area contributed by atoms with Gasteiger partial charge in [-0.3, -0.25) is 9.78 Å². The molecule has 0 aliphatic carbocycles. The maximum Gasteiger partial charge on any atom is 0.252 e. The molecule has 0 spiro atoms. The zero-order chi connectivity index (χ0) is 14.4. The average Bonchev–Trinajstić information content (AvgIpc) is 2.48. The highest BCUT2D eigenvalue weighted by Gasteiger charge is 2.07. The van der Waals surface area contributed by atoms with Gasteiger partial charge in [0.1, 0.15) is 0 Å². The first-order valence-electron chi connectivity index (χ1n) is 6.71. The van der Waals surface area contributed by atoms with Crippen LogP contribution in [0.4, 0.5) is 0 Å². The van der Waals surface area contributed by atoms with Gasteiger partial charge in [-0.1, -0.05) is 29.8 Å². The van der Waals surface area contributed by atoms with Gasteiger partial charge in [-0.2, -0.15) is 0 Å². The fourth-order valence-corrected chi connectivity index (χ4v) is 1.87. The summed E-state index contributed by atoms with van der Waals surface area (Å²) in [6.07, 6.45) is 4.12. The molecule has 0 saturated carbocycles. The molecule has 120 valence electrons. The van der Waals surface area contributed by atoms with Crippen molar-refractivity contribution in [2.75, 3.05) is 13.1 Å². The van der Waals surface area contributed by atoms with Crippen LogP contribution < -0.4 is 11.1 Å². The number of aryl methyl sites for hydroxylation is 1. The number of carbonyl (C=O) groups excluding carboxylic acids is 1. The molecule has 0 radical (unpaired) electrons. The second-order valence-electron chi connectivity index (χ2n) is 4.73. The summed E-state index contributed by atoms with van der Waals surface area (Å²) in [5.41, 5.74) is 9.17. The summed E-state index contributed by atoms with van der Waals surface area (Å²) < 4.78 is 0. The third-order valence-electron chi connectivity index (χ3n) is 3.05. The molecule has 0 aliphatic rings. The van der Waals surface area contributed by atoms with Crippen LogP contribution in [-0.4, -0.2) is 24.0 Å². The van der Waals surface area contributed by atoms with Crippen LogP contribution in [0.3, 0.4) is 0 Å². The van der Waals surface area contributed by atoms with Crippen molar-refractivity contribution in [2.24, 2.45) is 5.73 Å². The minimum Gasteiger partial charge on any atom is -0.352 e. The van der Waals surface area contributed by atoms with Gasteiger partial charge >= 0.3 is 0 Å². The van der Waals surface area contributed by atoms with Gasteiger partial charge in [0.05, 0.1) is 5.56 Å². The van der Waals surface area contributed by atoms with E-state index in [9.17, 15) is 4.79 Å². The molecule has 0 fully saturated rings. The molecule has 3 N–H and O–H groups in total. The first-order valence-corrected chi connectivity index (χ1v) is 6.71. The average molecular weight is 342 g/mol. The van der Waals surface area contributed by atoms with Crippen molar-refractivity contribution in [1.82, 2.24) is 10.3 Å². The Morgan fingerprint density at radius 1 is 1.14 bits per heavy atom. The lowest BCUT2D eigenvalue weighted by atomic mass is 10.0. The van der Waals surface area contributed by atoms with Crippen LogP contribution in [0.15, 0.2) is 42.7 Å². The molecule has 1 aromatic carbocycles. The van der Waals surface area contributed by atoms with E-state index in [-0.39, 0.29) is 30.7 Å². The van der Waals surface area contributed by atoms with E-state index in [1.807, 2.05) is 37.3 Å². The highest BCUT2D eigenvalue weighted by molar-refractivity contribution is 5.95. The maximum absolute atomic E-state index is 12.0. The van der Waals surface area contributed by atoms with Gasteiger partial charge in [-0.25, -0.2) is 0 Å². The zero-order valence-corrected chi connectivity index (χ0v) is 14.0. The number of aromatic nitrogens is 1. The van der Waals surface area contributed by atoms with Crippen LogP contribution in [0, 0.1) is 6.92 Å². The Morgan fingerprint density at radius 2 is 1.82 bits per heavy atom. The lowest BCUT2D eigenvalue weighted by Gasteiger charge is -2.06. The number of amides is 1. The fraction of sp³-hybridized carbons (Fsp3) is 0.250. The molecule has 1 amide bonds. The first kappa shape index (κ1) is 20.4. The third kappa shape index (κ3) is 5.64. The summed E-state index contributed by atoms with van der Waals surface area (Å²) in [6.45, 7) is 3.20. The van der Waals surface area contributed by atoms with E-state index >= 15 is 0 Å². The Labute approximate surface area is 143 Å². The minimum atomic E-state index is -0.111. The maximum atomic E-state index is 12.0. The van der Waals surface area contributed by atoms with Gasteiger partial charge < -0.3 is 11.1 Å². The van der Waals surface area contributed by atoms with Gasteiger partial charge in [-0.05, 0) is 31.5 Å². The van der Waals surface area contributed by atoms with E-state index < -0.39 is 0 Å². The number of rotatable bonds is 5. The van der Waals surface area contributed by atoms with Gasteiger partial charge in [0.25, 0.3) is 5.91 Å². The molecule has 1 aromatic heterocycles. The highest BCUT2D eigenvalue weighted by Crippen LogP contribution is 2.19. The third-order valence-corrected chi connectivity index (χ3v) is 3.05. The Morgan fingerprint density at radius 3 is 2.45 bits per heavy atom. The van der Waals surface area contributed by atoms with Crippen LogP contribution in [0.5, 0.6) is 0 Å². The molecule has 6 heteroatoms.